The van der Waals surface area contributed by atoms with Crippen LogP contribution in [0.15, 0.2) is 78.9 Å². The molecule has 0 aliphatic rings. The van der Waals surface area contributed by atoms with Crippen LogP contribution in [-0.4, -0.2) is 46.8 Å². The fraction of sp³-hybridized carbons (Fsp3) is 0.156. The molecule has 0 aromatic heterocycles. The molecule has 0 aliphatic carbocycles. The van der Waals surface area contributed by atoms with Crippen LogP contribution < -0.4 is 16.0 Å². The fourth-order valence-electron chi connectivity index (χ4n) is 4.84. The number of anilines is 3. The summed E-state index contributed by atoms with van der Waals surface area (Å²) in [7, 11) is 0. The molecule has 0 atom stereocenters. The molecular formula is C32H25F6N3O6. The highest BCUT2D eigenvalue weighted by molar-refractivity contribution is 6.09. The first-order valence-corrected chi connectivity index (χ1v) is 13.4. The number of alkyl halides is 6. The molecule has 0 aliphatic heterocycles. The van der Waals surface area contributed by atoms with E-state index in [4.69, 9.17) is 1.43 Å². The standard InChI is InChI=1S/C32H25F6N3O6/c1-16-6-9-25(43)22(12-16)40-28(46)18-4-3-5-19(13-18)29(47)41-24-15-21(8-11-27(24)45)30(31(33,34)35,32(36,37)38)20-7-10-26(44)23(14-20)39-17(2)42/h3-15,43-45H,1-2H3,(H,39,42)(H,40,46)(H,41,47)/i/hD. The predicted octanol–water partition coefficient (Wildman–Crippen LogP) is 6.99. The minimum Gasteiger partial charge on any atom is -0.506 e. The van der Waals surface area contributed by atoms with E-state index in [2.05, 4.69) is 15.7 Å². The van der Waals surface area contributed by atoms with Crippen LogP contribution >= 0.6 is 0 Å². The minimum absolute atomic E-state index is 0.0690. The molecule has 0 heterocycles. The van der Waals surface area contributed by atoms with Crippen LogP contribution in [0.5, 0.6) is 17.2 Å². The van der Waals surface area contributed by atoms with Crippen molar-refractivity contribution in [3.63, 3.8) is 0 Å². The Bertz CT molecular complexity index is 1880. The van der Waals surface area contributed by atoms with Crippen molar-refractivity contribution in [2.24, 2.45) is 0 Å². The number of aryl methyl sites for hydroxylation is 1. The Morgan fingerprint density at radius 2 is 1.09 bits per heavy atom. The molecule has 47 heavy (non-hydrogen) atoms. The molecule has 246 valence electrons. The molecule has 0 fully saturated rings. The largest absolute Gasteiger partial charge is 0.506 e. The number of carbonyl (C=O) groups excluding carboxylic acids is 3. The summed E-state index contributed by atoms with van der Waals surface area (Å²) < 4.78 is 96.2. The summed E-state index contributed by atoms with van der Waals surface area (Å²) in [4.78, 5) is 37.6. The third kappa shape index (κ3) is 6.78. The predicted molar refractivity (Wildman–Crippen MR) is 159 cm³/mol. The van der Waals surface area contributed by atoms with Gasteiger partial charge >= 0.3 is 12.4 Å². The maximum absolute atomic E-state index is 14.8. The first-order valence-electron chi connectivity index (χ1n) is 13.8. The highest BCUT2D eigenvalue weighted by atomic mass is 19.4. The average molecular weight is 663 g/mol. The molecule has 0 saturated heterocycles. The summed E-state index contributed by atoms with van der Waals surface area (Å²) in [6.07, 6.45) is -12.2. The second-order valence-electron chi connectivity index (χ2n) is 10.4. The van der Waals surface area contributed by atoms with Crippen molar-refractivity contribution in [1.29, 1.82) is 1.43 Å². The van der Waals surface area contributed by atoms with E-state index >= 15 is 0 Å². The zero-order valence-corrected chi connectivity index (χ0v) is 24.3. The summed E-state index contributed by atoms with van der Waals surface area (Å²) in [5.41, 5.74) is -8.71. The van der Waals surface area contributed by atoms with Crippen LogP contribution in [0, 0.1) is 6.92 Å². The van der Waals surface area contributed by atoms with Crippen LogP contribution in [0.25, 0.3) is 0 Å². The minimum atomic E-state index is -6.09. The van der Waals surface area contributed by atoms with Gasteiger partial charge in [0.1, 0.15) is 17.2 Å². The van der Waals surface area contributed by atoms with E-state index in [0.29, 0.717) is 42.0 Å². The first-order chi connectivity index (χ1) is 22.4. The molecule has 6 N–H and O–H groups in total. The zero-order valence-electron chi connectivity index (χ0n) is 25.3. The van der Waals surface area contributed by atoms with Gasteiger partial charge in [-0.25, -0.2) is 0 Å². The lowest BCUT2D eigenvalue weighted by Gasteiger charge is -2.38. The summed E-state index contributed by atoms with van der Waals surface area (Å²) in [5, 5.41) is 31.0. The second kappa shape index (κ2) is 12.6. The quantitative estimate of drug-likeness (QED) is 0.0886. The molecule has 0 radical (unpaired) electrons. The number of phenolic OH excluding ortho intramolecular Hbond substituents is 3. The Labute approximate surface area is 264 Å². The maximum atomic E-state index is 14.8. The lowest BCUT2D eigenvalue weighted by molar-refractivity contribution is -0.288. The number of carbonyl (C=O) groups is 3. The number of benzene rings is 4. The normalized spacial score (nSPS) is 12.1. The van der Waals surface area contributed by atoms with Gasteiger partial charge in [0, 0.05) is 18.1 Å². The topological polar surface area (TPSA) is 148 Å². The summed E-state index contributed by atoms with van der Waals surface area (Å²) in [6, 6.07) is 12.0. The number of hydrogen-bond donors (Lipinski definition) is 6. The number of nitrogens with one attached hydrogen (secondary N) is 3. The molecule has 15 heteroatoms. The third-order valence-corrected chi connectivity index (χ3v) is 7.04. The Morgan fingerprint density at radius 3 is 1.55 bits per heavy atom. The molecule has 0 spiro atoms. The first kappa shape index (κ1) is 32.7. The van der Waals surface area contributed by atoms with Crippen LogP contribution in [0.1, 0.15) is 44.3 Å². The van der Waals surface area contributed by atoms with Gasteiger partial charge in [-0.05, 0) is 78.2 Å². The summed E-state index contributed by atoms with van der Waals surface area (Å²) in [6.45, 7) is 2.64. The van der Waals surface area contributed by atoms with Crippen molar-refractivity contribution in [3.05, 3.63) is 107 Å². The van der Waals surface area contributed by atoms with Crippen molar-refractivity contribution < 1.29 is 56.0 Å². The van der Waals surface area contributed by atoms with Gasteiger partial charge in [0.25, 0.3) is 13.2 Å². The zero-order chi connectivity index (χ0) is 35.6. The SMILES string of the molecule is [2H]Oc1ccc(C(c2ccc(O)c(NC(C)=O)c2)(C(F)(F)F)C(F)(F)F)cc1NC(=O)c1cccc(C(=O)Nc2cc(C)ccc2O)c1. The van der Waals surface area contributed by atoms with Crippen LogP contribution in [0.4, 0.5) is 43.4 Å². The van der Waals surface area contributed by atoms with Crippen LogP contribution in [0.3, 0.4) is 0 Å². The van der Waals surface area contributed by atoms with E-state index in [1.54, 1.807) is 13.0 Å². The Kier molecular flexibility index (Phi) is 8.74. The van der Waals surface area contributed by atoms with Crippen molar-refractivity contribution in [1.82, 2.24) is 0 Å². The smallest absolute Gasteiger partial charge is 0.411 e. The van der Waals surface area contributed by atoms with Gasteiger partial charge in [-0.2, -0.15) is 26.3 Å². The van der Waals surface area contributed by atoms with E-state index in [1.807, 2.05) is 5.32 Å². The summed E-state index contributed by atoms with van der Waals surface area (Å²) >= 11 is 0. The van der Waals surface area contributed by atoms with E-state index in [0.717, 1.165) is 13.0 Å². The number of halogens is 6. The number of aromatic hydroxyl groups is 3. The molecular weight excluding hydrogens is 636 g/mol. The molecule has 9 nitrogen and oxygen atoms in total. The lowest BCUT2D eigenvalue weighted by Crippen LogP contribution is -2.54. The number of hydrogen-bond acceptors (Lipinski definition) is 6. The second-order valence-corrected chi connectivity index (χ2v) is 10.4. The van der Waals surface area contributed by atoms with Gasteiger partial charge < -0.3 is 31.3 Å². The van der Waals surface area contributed by atoms with E-state index < -0.39 is 69.5 Å². The third-order valence-electron chi connectivity index (χ3n) is 7.04. The highest BCUT2D eigenvalue weighted by Gasteiger charge is 2.72. The molecule has 0 unspecified atom stereocenters. The molecule has 0 saturated carbocycles. The van der Waals surface area contributed by atoms with Crippen molar-refractivity contribution in [2.75, 3.05) is 16.0 Å². The number of phenols is 3. The lowest BCUT2D eigenvalue weighted by atomic mass is 9.72. The van der Waals surface area contributed by atoms with E-state index in [-0.39, 0.29) is 22.6 Å². The van der Waals surface area contributed by atoms with Gasteiger partial charge in [0.05, 0.1) is 17.1 Å². The van der Waals surface area contributed by atoms with E-state index in [1.165, 1.54) is 30.3 Å². The van der Waals surface area contributed by atoms with Crippen LogP contribution in [0.2, 0.25) is 0 Å². The van der Waals surface area contributed by atoms with Crippen molar-refractivity contribution in [3.8, 4) is 17.2 Å². The van der Waals surface area contributed by atoms with Crippen molar-refractivity contribution >= 4 is 34.8 Å². The van der Waals surface area contributed by atoms with Gasteiger partial charge in [-0.15, -0.1) is 0 Å². The fourth-order valence-corrected chi connectivity index (χ4v) is 4.84. The van der Waals surface area contributed by atoms with Gasteiger partial charge in [-0.3, -0.25) is 14.4 Å². The average Bonchev–Trinajstić information content (AvgIpc) is 2.99. The monoisotopic (exact) mass is 662 g/mol. The summed E-state index contributed by atoms with van der Waals surface area (Å²) in [5.74, 6) is -4.40. The molecule has 4 rings (SSSR count). The van der Waals surface area contributed by atoms with Gasteiger partial charge in [0.2, 0.25) is 11.3 Å². The number of amides is 3. The molecule has 0 bridgehead atoms. The Morgan fingerprint density at radius 1 is 0.638 bits per heavy atom. The highest BCUT2D eigenvalue weighted by Crippen LogP contribution is 2.57. The van der Waals surface area contributed by atoms with Crippen molar-refractivity contribution in [2.45, 2.75) is 31.6 Å². The maximum Gasteiger partial charge on any atom is 0.411 e. The molecule has 3 amide bonds. The molecule has 4 aromatic rings. The Balaban J connectivity index is 1.78. The van der Waals surface area contributed by atoms with Gasteiger partial charge in [-0.1, -0.05) is 24.3 Å². The van der Waals surface area contributed by atoms with Crippen LogP contribution in [-0.2, 0) is 10.2 Å². The Hall–Kier alpha value is -5.73. The van der Waals surface area contributed by atoms with Gasteiger partial charge in [0.15, 0.2) is 0 Å². The molecule has 4 aromatic carbocycles. The van der Waals surface area contributed by atoms with E-state index in [9.17, 15) is 50.9 Å². The number of rotatable bonds is 8.